The van der Waals surface area contributed by atoms with Crippen molar-refractivity contribution in [2.24, 2.45) is 0 Å². The molecule has 0 radical (unpaired) electrons. The Hall–Kier alpha value is -1.55. The van der Waals surface area contributed by atoms with Crippen LogP contribution < -0.4 is 9.84 Å². The van der Waals surface area contributed by atoms with Crippen LogP contribution >= 0.6 is 0 Å². The maximum absolute atomic E-state index is 10.5. The first kappa shape index (κ1) is 31.4. The fourth-order valence-electron chi connectivity index (χ4n) is 3.59. The van der Waals surface area contributed by atoms with Crippen molar-refractivity contribution in [3.8, 4) is 5.75 Å². The van der Waals surface area contributed by atoms with E-state index in [1.54, 1.807) is 12.1 Å². The van der Waals surface area contributed by atoms with Crippen LogP contribution in [0.3, 0.4) is 0 Å². The number of quaternary nitrogens is 1. The summed E-state index contributed by atoms with van der Waals surface area (Å²) in [5, 5.41) is 10.5. The molecule has 4 heteroatoms. The van der Waals surface area contributed by atoms with Gasteiger partial charge in [0.15, 0.2) is 0 Å². The lowest BCUT2D eigenvalue weighted by Gasteiger charge is -2.28. The molecule has 0 unspecified atom stereocenters. The highest BCUT2D eigenvalue weighted by Crippen LogP contribution is 2.13. The molecule has 1 aromatic rings. The maximum atomic E-state index is 10.5. The minimum atomic E-state index is -1.16. The Morgan fingerprint density at radius 2 is 1.18 bits per heavy atom. The molecule has 0 aliphatic carbocycles. The predicted octanol–water partition coefficient (Wildman–Crippen LogP) is 7.01. The number of ether oxygens (including phenoxy) is 1. The number of rotatable bonds is 19. The summed E-state index contributed by atoms with van der Waals surface area (Å²) < 4.78 is 6.67. The molecule has 4 nitrogen and oxygen atoms in total. The molecule has 0 atom stereocenters. The Labute approximate surface area is 205 Å². The number of carbonyl (C=O) groups excluding carboxylic acids is 1. The van der Waals surface area contributed by atoms with Gasteiger partial charge in [-0.05, 0) is 56.0 Å². The van der Waals surface area contributed by atoms with E-state index >= 15 is 0 Å². The molecule has 0 aliphatic heterocycles. The molecule has 0 N–H and O–H groups in total. The summed E-state index contributed by atoms with van der Waals surface area (Å²) in [5.41, 5.74) is 0.179. The third kappa shape index (κ3) is 19.6. The highest BCUT2D eigenvalue weighted by Gasteiger charge is 2.09. The number of aromatic carboxylic acids is 1. The zero-order valence-electron chi connectivity index (χ0n) is 22.5. The van der Waals surface area contributed by atoms with Crippen molar-refractivity contribution in [2.45, 2.75) is 111 Å². The molecule has 33 heavy (non-hydrogen) atoms. The molecule has 0 aliphatic rings. The summed E-state index contributed by atoms with van der Waals surface area (Å²) in [5.74, 6) is -0.448. The number of carboxylic acid groups (broad SMARTS) is 1. The highest BCUT2D eigenvalue weighted by atomic mass is 16.5. The van der Waals surface area contributed by atoms with Gasteiger partial charge in [-0.2, -0.15) is 0 Å². The van der Waals surface area contributed by atoms with Gasteiger partial charge in [0.1, 0.15) is 5.75 Å². The third-order valence-electron chi connectivity index (χ3n) is 6.33. The Balaban J connectivity index is 0.000000621. The second kappa shape index (κ2) is 21.0. The summed E-state index contributed by atoms with van der Waals surface area (Å²) in [6.07, 6.45) is 19.1. The molecule has 0 spiro atoms. The van der Waals surface area contributed by atoms with Gasteiger partial charge in [0.25, 0.3) is 0 Å². The van der Waals surface area contributed by atoms with Crippen molar-refractivity contribution in [1.82, 2.24) is 0 Å². The van der Waals surface area contributed by atoms with Gasteiger partial charge in [0, 0.05) is 0 Å². The van der Waals surface area contributed by atoms with E-state index in [2.05, 4.69) is 34.9 Å². The summed E-state index contributed by atoms with van der Waals surface area (Å²) in [6.45, 7) is 10.0. The lowest BCUT2D eigenvalue weighted by molar-refractivity contribution is -0.888. The number of carboxylic acids is 1. The van der Waals surface area contributed by atoms with E-state index in [-0.39, 0.29) is 5.56 Å². The Morgan fingerprint density at radius 3 is 1.64 bits per heavy atom. The van der Waals surface area contributed by atoms with Crippen molar-refractivity contribution in [1.29, 1.82) is 0 Å². The van der Waals surface area contributed by atoms with Crippen LogP contribution in [0.25, 0.3) is 0 Å². The lowest BCUT2D eigenvalue weighted by Crippen LogP contribution is -2.39. The van der Waals surface area contributed by atoms with E-state index in [4.69, 9.17) is 4.74 Å². The average Bonchev–Trinajstić information content (AvgIpc) is 2.81. The second-order valence-electron chi connectivity index (χ2n) is 9.88. The Kier molecular flexibility index (Phi) is 20.0. The van der Waals surface area contributed by atoms with E-state index in [9.17, 15) is 9.90 Å². The molecule has 0 aromatic heterocycles. The van der Waals surface area contributed by atoms with Crippen molar-refractivity contribution in [3.63, 3.8) is 0 Å². The molecule has 0 bridgehead atoms. The summed E-state index contributed by atoms with van der Waals surface area (Å²) in [4.78, 5) is 10.5. The Morgan fingerprint density at radius 1 is 0.727 bits per heavy atom. The summed E-state index contributed by atoms with van der Waals surface area (Å²) >= 11 is 0. The molecule has 192 valence electrons. The number of hydrogen-bond donors (Lipinski definition) is 0. The van der Waals surface area contributed by atoms with Gasteiger partial charge < -0.3 is 19.1 Å². The zero-order valence-corrected chi connectivity index (χ0v) is 22.5. The summed E-state index contributed by atoms with van der Waals surface area (Å²) in [7, 11) is 4.68. The molecule has 0 saturated carbocycles. The number of hydrogen-bond acceptors (Lipinski definition) is 3. The number of nitrogens with zero attached hydrogens (tertiary/aromatic N) is 1. The van der Waals surface area contributed by atoms with Crippen LogP contribution in [0.15, 0.2) is 24.3 Å². The zero-order chi connectivity index (χ0) is 24.8. The monoisotopic (exact) mass is 463 g/mol. The van der Waals surface area contributed by atoms with E-state index in [0.29, 0.717) is 12.4 Å². The van der Waals surface area contributed by atoms with Gasteiger partial charge in [-0.15, -0.1) is 0 Å². The first-order chi connectivity index (χ1) is 15.9. The van der Waals surface area contributed by atoms with Crippen LogP contribution in [0.5, 0.6) is 5.75 Å². The topological polar surface area (TPSA) is 49.4 Å². The number of unbranched alkanes of at least 4 members (excludes halogenated alkanes) is 12. The maximum Gasteiger partial charge on any atom is 0.119 e. The second-order valence-corrected chi connectivity index (χ2v) is 9.88. The molecule has 1 aromatic carbocycles. The SMILES string of the molecule is CCCCCCCCCCCC[N+](C)(C)CC.CCCCCCOc1ccc(C(=O)[O-])cc1. The van der Waals surface area contributed by atoms with E-state index < -0.39 is 5.97 Å². The number of benzene rings is 1. The highest BCUT2D eigenvalue weighted by molar-refractivity contribution is 5.85. The standard InChI is InChI=1S/C16H36N.C13H18O3/c1-5-7-8-9-10-11-12-13-14-15-16-17(3,4)6-2;1-2-3-4-5-10-16-12-8-6-11(7-9-12)13(14)15/h5-16H2,1-4H3;6-9H,2-5,10H2,1H3,(H,14,15)/q+1;/p-1. The van der Waals surface area contributed by atoms with E-state index in [1.807, 2.05) is 0 Å². The molecular weight excluding hydrogens is 410 g/mol. The molecule has 0 fully saturated rings. The minimum Gasteiger partial charge on any atom is -0.545 e. The van der Waals surface area contributed by atoms with Crippen LogP contribution in [0.1, 0.15) is 121 Å². The predicted molar refractivity (Wildman–Crippen MR) is 140 cm³/mol. The van der Waals surface area contributed by atoms with Gasteiger partial charge in [-0.3, -0.25) is 0 Å². The first-order valence-electron chi connectivity index (χ1n) is 13.6. The lowest BCUT2D eigenvalue weighted by atomic mass is 10.1. The van der Waals surface area contributed by atoms with E-state index in [0.717, 1.165) is 6.42 Å². The van der Waals surface area contributed by atoms with Crippen LogP contribution in [-0.2, 0) is 0 Å². The van der Waals surface area contributed by atoms with Crippen LogP contribution in [-0.4, -0.2) is 44.2 Å². The smallest absolute Gasteiger partial charge is 0.119 e. The molecular formula is C29H53NO3. The molecule has 1 rings (SSSR count). The van der Waals surface area contributed by atoms with Gasteiger partial charge >= 0.3 is 0 Å². The third-order valence-corrected chi connectivity index (χ3v) is 6.33. The minimum absolute atomic E-state index is 0.179. The van der Waals surface area contributed by atoms with Crippen molar-refractivity contribution < 1.29 is 19.1 Å². The quantitative estimate of drug-likeness (QED) is 0.164. The number of carbonyl (C=O) groups is 1. The van der Waals surface area contributed by atoms with Crippen molar-refractivity contribution in [2.75, 3.05) is 33.8 Å². The van der Waals surface area contributed by atoms with Gasteiger partial charge in [0.05, 0.1) is 39.8 Å². The van der Waals surface area contributed by atoms with Gasteiger partial charge in [-0.25, -0.2) is 0 Å². The van der Waals surface area contributed by atoms with Crippen LogP contribution in [0, 0.1) is 0 Å². The summed E-state index contributed by atoms with van der Waals surface area (Å²) in [6, 6.07) is 6.31. The fraction of sp³-hybridized carbons (Fsp3) is 0.759. The normalized spacial score (nSPS) is 11.1. The molecule has 0 heterocycles. The van der Waals surface area contributed by atoms with E-state index in [1.165, 1.54) is 113 Å². The fourth-order valence-corrected chi connectivity index (χ4v) is 3.59. The molecule has 0 saturated heterocycles. The van der Waals surface area contributed by atoms with Crippen molar-refractivity contribution >= 4 is 5.97 Å². The molecule has 0 amide bonds. The van der Waals surface area contributed by atoms with Crippen LogP contribution in [0.2, 0.25) is 0 Å². The Bertz CT molecular complexity index is 569. The largest absolute Gasteiger partial charge is 0.545 e. The first-order valence-corrected chi connectivity index (χ1v) is 13.6. The van der Waals surface area contributed by atoms with Gasteiger partial charge in [0.2, 0.25) is 0 Å². The van der Waals surface area contributed by atoms with Crippen LogP contribution in [0.4, 0.5) is 0 Å². The van der Waals surface area contributed by atoms with Crippen molar-refractivity contribution in [3.05, 3.63) is 29.8 Å². The van der Waals surface area contributed by atoms with Gasteiger partial charge in [-0.1, -0.05) is 84.5 Å². The average molecular weight is 464 g/mol.